The molecule has 0 amide bonds. The fourth-order valence-electron chi connectivity index (χ4n) is 1.65. The molecule has 1 saturated heterocycles. The molecule has 0 spiro atoms. The number of rotatable bonds is 1. The summed E-state index contributed by atoms with van der Waals surface area (Å²) in [7, 11) is 2.17. The van der Waals surface area contributed by atoms with Crippen molar-refractivity contribution in [2.24, 2.45) is 11.7 Å². The van der Waals surface area contributed by atoms with Gasteiger partial charge in [-0.15, -0.1) is 0 Å². The van der Waals surface area contributed by atoms with Gasteiger partial charge >= 0.3 is 0 Å². The molecule has 60 valence electrons. The summed E-state index contributed by atoms with van der Waals surface area (Å²) in [5.41, 5.74) is 5.61. The highest BCUT2D eigenvalue weighted by molar-refractivity contribution is 4.77. The molecule has 2 N–H and O–H groups in total. The zero-order valence-corrected chi connectivity index (χ0v) is 7.01. The predicted molar refractivity (Wildman–Crippen MR) is 43.9 cm³/mol. The lowest BCUT2D eigenvalue weighted by Gasteiger charge is -2.34. The maximum Gasteiger partial charge on any atom is 0.0217 e. The van der Waals surface area contributed by atoms with Crippen molar-refractivity contribution in [3.05, 3.63) is 0 Å². The van der Waals surface area contributed by atoms with Gasteiger partial charge in [-0.3, -0.25) is 0 Å². The van der Waals surface area contributed by atoms with Crippen LogP contribution in [0.3, 0.4) is 0 Å². The van der Waals surface area contributed by atoms with Gasteiger partial charge in [-0.1, -0.05) is 6.92 Å². The topological polar surface area (TPSA) is 29.3 Å². The Balaban J connectivity index is 2.38. The van der Waals surface area contributed by atoms with E-state index < -0.39 is 0 Å². The summed E-state index contributed by atoms with van der Waals surface area (Å²) in [6, 6.07) is 0.642. The van der Waals surface area contributed by atoms with E-state index in [4.69, 9.17) is 5.73 Å². The zero-order chi connectivity index (χ0) is 7.56. The average molecular weight is 142 g/mol. The second-order valence-corrected chi connectivity index (χ2v) is 3.50. The third-order valence-corrected chi connectivity index (χ3v) is 2.54. The lowest BCUT2D eigenvalue weighted by Crippen LogP contribution is -2.43. The van der Waals surface area contributed by atoms with Gasteiger partial charge in [-0.05, 0) is 32.4 Å². The Labute approximate surface area is 63.4 Å². The minimum absolute atomic E-state index is 0.642. The van der Waals surface area contributed by atoms with Gasteiger partial charge in [0, 0.05) is 12.6 Å². The second-order valence-electron chi connectivity index (χ2n) is 3.50. The van der Waals surface area contributed by atoms with E-state index in [2.05, 4.69) is 18.9 Å². The third-order valence-electron chi connectivity index (χ3n) is 2.54. The van der Waals surface area contributed by atoms with Gasteiger partial charge in [-0.2, -0.15) is 0 Å². The van der Waals surface area contributed by atoms with Crippen LogP contribution >= 0.6 is 0 Å². The van der Waals surface area contributed by atoms with E-state index in [1.54, 1.807) is 0 Å². The smallest absolute Gasteiger partial charge is 0.0217 e. The highest BCUT2D eigenvalue weighted by Gasteiger charge is 2.21. The Morgan fingerprint density at radius 3 is 2.80 bits per heavy atom. The van der Waals surface area contributed by atoms with Crippen LogP contribution < -0.4 is 5.73 Å². The van der Waals surface area contributed by atoms with Crippen molar-refractivity contribution >= 4 is 0 Å². The molecule has 0 aromatic heterocycles. The van der Waals surface area contributed by atoms with Gasteiger partial charge in [0.25, 0.3) is 0 Å². The largest absolute Gasteiger partial charge is 0.329 e. The number of likely N-dealkylation sites (N-methyl/N-ethyl adjacent to an activating group) is 1. The highest BCUT2D eigenvalue weighted by Crippen LogP contribution is 2.19. The van der Waals surface area contributed by atoms with Crippen molar-refractivity contribution in [2.45, 2.75) is 25.8 Å². The molecule has 0 bridgehead atoms. The normalized spacial score (nSPS) is 36.3. The minimum Gasteiger partial charge on any atom is -0.329 e. The van der Waals surface area contributed by atoms with E-state index >= 15 is 0 Å². The number of piperidine rings is 1. The van der Waals surface area contributed by atoms with Crippen LogP contribution in [0, 0.1) is 5.92 Å². The molecule has 1 aliphatic heterocycles. The van der Waals surface area contributed by atoms with Crippen LogP contribution in [0.5, 0.6) is 0 Å². The molecular formula is C8H18N2. The van der Waals surface area contributed by atoms with E-state index in [1.807, 2.05) is 0 Å². The van der Waals surface area contributed by atoms with Crippen LogP contribution in [-0.4, -0.2) is 31.1 Å². The number of hydrogen-bond acceptors (Lipinski definition) is 2. The summed E-state index contributed by atoms with van der Waals surface area (Å²) in [4.78, 5) is 2.38. The van der Waals surface area contributed by atoms with Gasteiger partial charge in [-0.25, -0.2) is 0 Å². The lowest BCUT2D eigenvalue weighted by atomic mass is 9.93. The number of nitrogens with two attached hydrogens (primary N) is 1. The van der Waals surface area contributed by atoms with Crippen molar-refractivity contribution in [3.63, 3.8) is 0 Å². The second kappa shape index (κ2) is 3.35. The maximum absolute atomic E-state index is 5.61. The summed E-state index contributed by atoms with van der Waals surface area (Å²) in [6.07, 6.45) is 2.62. The molecule has 10 heavy (non-hydrogen) atoms. The number of nitrogens with zero attached hydrogens (tertiary/aromatic N) is 1. The fourth-order valence-corrected chi connectivity index (χ4v) is 1.65. The first-order valence-electron chi connectivity index (χ1n) is 4.14. The highest BCUT2D eigenvalue weighted by atomic mass is 15.1. The van der Waals surface area contributed by atoms with Crippen LogP contribution in [0.2, 0.25) is 0 Å². The number of hydrogen-bond donors (Lipinski definition) is 1. The number of likely N-dealkylation sites (tertiary alicyclic amines) is 1. The van der Waals surface area contributed by atoms with Crippen LogP contribution in [0.1, 0.15) is 19.8 Å². The zero-order valence-electron chi connectivity index (χ0n) is 7.01. The van der Waals surface area contributed by atoms with Crippen LogP contribution in [0.4, 0.5) is 0 Å². The summed E-state index contributed by atoms with van der Waals surface area (Å²) in [5, 5.41) is 0. The monoisotopic (exact) mass is 142 g/mol. The summed E-state index contributed by atoms with van der Waals surface area (Å²) in [5.74, 6) is 0.879. The van der Waals surface area contributed by atoms with Gasteiger partial charge in [0.05, 0.1) is 0 Å². The summed E-state index contributed by atoms with van der Waals surface area (Å²) in [6.45, 7) is 4.36. The molecule has 1 fully saturated rings. The van der Waals surface area contributed by atoms with Crippen molar-refractivity contribution in [3.8, 4) is 0 Å². The third kappa shape index (κ3) is 1.70. The Bertz CT molecular complexity index is 103. The van der Waals surface area contributed by atoms with Gasteiger partial charge in [0.15, 0.2) is 0 Å². The Kier molecular flexibility index (Phi) is 2.69. The Morgan fingerprint density at radius 2 is 2.30 bits per heavy atom. The van der Waals surface area contributed by atoms with E-state index in [9.17, 15) is 0 Å². The molecule has 0 aliphatic carbocycles. The molecule has 1 heterocycles. The first-order chi connectivity index (χ1) is 4.74. The van der Waals surface area contributed by atoms with Crippen molar-refractivity contribution in [1.29, 1.82) is 0 Å². The van der Waals surface area contributed by atoms with Crippen LogP contribution in [0.15, 0.2) is 0 Å². The lowest BCUT2D eigenvalue weighted by molar-refractivity contribution is 0.154. The van der Waals surface area contributed by atoms with Crippen molar-refractivity contribution < 1.29 is 0 Å². The van der Waals surface area contributed by atoms with Crippen LogP contribution in [0.25, 0.3) is 0 Å². The van der Waals surface area contributed by atoms with Crippen molar-refractivity contribution in [2.75, 3.05) is 20.1 Å². The molecular weight excluding hydrogens is 124 g/mol. The minimum atomic E-state index is 0.642. The predicted octanol–water partition coefficient (Wildman–Crippen LogP) is 0.675. The first kappa shape index (κ1) is 8.02. The molecule has 0 aromatic carbocycles. The van der Waals surface area contributed by atoms with Crippen LogP contribution in [-0.2, 0) is 0 Å². The van der Waals surface area contributed by atoms with E-state index in [1.165, 1.54) is 19.4 Å². The standard InChI is InChI=1S/C8H18N2/c1-7-3-4-10(2)8(5-7)6-9/h7-8H,3-6,9H2,1-2H3/t7-,8-/m0/s1. The average Bonchev–Trinajstić information content (AvgIpc) is 1.94. The van der Waals surface area contributed by atoms with Crippen molar-refractivity contribution in [1.82, 2.24) is 4.90 Å². The molecule has 1 rings (SSSR count). The maximum atomic E-state index is 5.61. The summed E-state index contributed by atoms with van der Waals surface area (Å²) >= 11 is 0. The Morgan fingerprint density at radius 1 is 1.60 bits per heavy atom. The molecule has 2 nitrogen and oxygen atoms in total. The summed E-state index contributed by atoms with van der Waals surface area (Å²) < 4.78 is 0. The first-order valence-corrected chi connectivity index (χ1v) is 4.14. The van der Waals surface area contributed by atoms with E-state index in [0.29, 0.717) is 6.04 Å². The Hall–Kier alpha value is -0.0800. The van der Waals surface area contributed by atoms with Gasteiger partial charge in [0.1, 0.15) is 0 Å². The molecule has 0 unspecified atom stereocenters. The molecule has 2 atom stereocenters. The molecule has 2 heteroatoms. The quantitative estimate of drug-likeness (QED) is 0.583. The van der Waals surface area contributed by atoms with Gasteiger partial charge < -0.3 is 10.6 Å². The molecule has 0 saturated carbocycles. The molecule has 0 aromatic rings. The van der Waals surface area contributed by atoms with E-state index in [-0.39, 0.29) is 0 Å². The SMILES string of the molecule is C[C@H]1CCN(C)[C@H](CN)C1. The molecule has 1 aliphatic rings. The van der Waals surface area contributed by atoms with Gasteiger partial charge in [0.2, 0.25) is 0 Å². The fraction of sp³-hybridized carbons (Fsp3) is 1.00. The molecule has 0 radical (unpaired) electrons. The van der Waals surface area contributed by atoms with E-state index in [0.717, 1.165) is 12.5 Å².